The Kier molecular flexibility index (Phi) is 4.36. The van der Waals surface area contributed by atoms with Gasteiger partial charge < -0.3 is 15.5 Å². The van der Waals surface area contributed by atoms with Gasteiger partial charge in [0, 0.05) is 12.8 Å². The summed E-state index contributed by atoms with van der Waals surface area (Å²) in [5.74, 6) is 2.62. The summed E-state index contributed by atoms with van der Waals surface area (Å²) in [5, 5.41) is 3.37. The Labute approximate surface area is 96.6 Å². The van der Waals surface area contributed by atoms with Crippen molar-refractivity contribution in [2.45, 2.75) is 32.1 Å². The fourth-order valence-corrected chi connectivity index (χ4v) is 2.17. The standard InChI is InChI=1S/C12H21N3O/c13-5-1-2-11-9-15-12(16-11)8-10-3-6-14-7-4-10/h9-10,14H,1-8,13H2. The van der Waals surface area contributed by atoms with Gasteiger partial charge in [-0.1, -0.05) is 0 Å². The Morgan fingerprint density at radius 3 is 3.00 bits per heavy atom. The minimum absolute atomic E-state index is 0.713. The second kappa shape index (κ2) is 6.01. The molecule has 0 saturated carbocycles. The van der Waals surface area contributed by atoms with Crippen LogP contribution in [0.1, 0.15) is 30.9 Å². The minimum atomic E-state index is 0.713. The molecule has 4 nitrogen and oxygen atoms in total. The van der Waals surface area contributed by atoms with Crippen molar-refractivity contribution in [2.75, 3.05) is 19.6 Å². The summed E-state index contributed by atoms with van der Waals surface area (Å²) in [6.07, 6.45) is 7.20. The smallest absolute Gasteiger partial charge is 0.194 e. The molecule has 1 aliphatic heterocycles. The van der Waals surface area contributed by atoms with E-state index in [1.54, 1.807) is 0 Å². The summed E-state index contributed by atoms with van der Waals surface area (Å²) >= 11 is 0. The highest BCUT2D eigenvalue weighted by molar-refractivity contribution is 4.95. The van der Waals surface area contributed by atoms with Gasteiger partial charge in [0.1, 0.15) is 5.76 Å². The first-order valence-corrected chi connectivity index (χ1v) is 6.23. The van der Waals surface area contributed by atoms with E-state index in [0.717, 1.165) is 49.9 Å². The molecule has 3 N–H and O–H groups in total. The number of aryl methyl sites for hydroxylation is 1. The molecule has 2 heterocycles. The lowest BCUT2D eigenvalue weighted by Crippen LogP contribution is -2.28. The topological polar surface area (TPSA) is 64.1 Å². The van der Waals surface area contributed by atoms with Crippen molar-refractivity contribution in [3.8, 4) is 0 Å². The van der Waals surface area contributed by atoms with Gasteiger partial charge in [0.2, 0.25) is 0 Å². The molecular weight excluding hydrogens is 202 g/mol. The first kappa shape index (κ1) is 11.6. The van der Waals surface area contributed by atoms with Gasteiger partial charge in [-0.25, -0.2) is 4.98 Å². The monoisotopic (exact) mass is 223 g/mol. The molecule has 2 rings (SSSR count). The second-order valence-electron chi connectivity index (χ2n) is 4.51. The number of aromatic nitrogens is 1. The molecule has 16 heavy (non-hydrogen) atoms. The Bertz CT molecular complexity index is 305. The normalized spacial score (nSPS) is 17.8. The highest BCUT2D eigenvalue weighted by atomic mass is 16.4. The maximum absolute atomic E-state index is 5.70. The number of nitrogens with one attached hydrogen (secondary N) is 1. The Morgan fingerprint density at radius 2 is 2.25 bits per heavy atom. The number of rotatable bonds is 5. The van der Waals surface area contributed by atoms with Crippen molar-refractivity contribution in [3.63, 3.8) is 0 Å². The zero-order valence-corrected chi connectivity index (χ0v) is 9.74. The summed E-state index contributed by atoms with van der Waals surface area (Å²) < 4.78 is 5.70. The van der Waals surface area contributed by atoms with E-state index < -0.39 is 0 Å². The zero-order chi connectivity index (χ0) is 11.2. The highest BCUT2D eigenvalue weighted by Crippen LogP contribution is 2.18. The molecule has 0 amide bonds. The van der Waals surface area contributed by atoms with Crippen molar-refractivity contribution in [1.29, 1.82) is 0 Å². The molecule has 1 aliphatic rings. The summed E-state index contributed by atoms with van der Waals surface area (Å²) in [4.78, 5) is 4.34. The summed E-state index contributed by atoms with van der Waals surface area (Å²) in [6.45, 7) is 2.97. The lowest BCUT2D eigenvalue weighted by Gasteiger charge is -2.20. The first-order chi connectivity index (χ1) is 7.88. The van der Waals surface area contributed by atoms with E-state index in [2.05, 4.69) is 10.3 Å². The van der Waals surface area contributed by atoms with Crippen LogP contribution in [0, 0.1) is 5.92 Å². The predicted octanol–water partition coefficient (Wildman–Crippen LogP) is 1.11. The fourth-order valence-electron chi connectivity index (χ4n) is 2.17. The quantitative estimate of drug-likeness (QED) is 0.785. The van der Waals surface area contributed by atoms with Crippen molar-refractivity contribution < 1.29 is 4.42 Å². The van der Waals surface area contributed by atoms with Crippen molar-refractivity contribution in [1.82, 2.24) is 10.3 Å². The van der Waals surface area contributed by atoms with Crippen LogP contribution < -0.4 is 11.1 Å². The minimum Gasteiger partial charge on any atom is -0.446 e. The van der Waals surface area contributed by atoms with E-state index in [9.17, 15) is 0 Å². The number of hydrogen-bond donors (Lipinski definition) is 2. The van der Waals surface area contributed by atoms with Gasteiger partial charge in [0.05, 0.1) is 6.20 Å². The summed E-state index contributed by atoms with van der Waals surface area (Å²) in [7, 11) is 0. The number of nitrogens with two attached hydrogens (primary N) is 1. The van der Waals surface area contributed by atoms with E-state index in [0.29, 0.717) is 6.54 Å². The molecule has 1 aromatic rings. The number of oxazole rings is 1. The average Bonchev–Trinajstić information content (AvgIpc) is 2.75. The Balaban J connectivity index is 1.81. The molecular formula is C12H21N3O. The molecule has 0 atom stereocenters. The molecule has 0 aliphatic carbocycles. The number of nitrogens with zero attached hydrogens (tertiary/aromatic N) is 1. The van der Waals surface area contributed by atoms with Crippen LogP contribution in [0.5, 0.6) is 0 Å². The van der Waals surface area contributed by atoms with Crippen LogP contribution in [0.15, 0.2) is 10.6 Å². The third-order valence-electron chi connectivity index (χ3n) is 3.15. The third kappa shape index (κ3) is 3.32. The van der Waals surface area contributed by atoms with Crippen molar-refractivity contribution in [3.05, 3.63) is 17.8 Å². The Morgan fingerprint density at radius 1 is 1.44 bits per heavy atom. The van der Waals surface area contributed by atoms with Crippen LogP contribution in [0.25, 0.3) is 0 Å². The van der Waals surface area contributed by atoms with E-state index in [1.165, 1.54) is 12.8 Å². The lowest BCUT2D eigenvalue weighted by molar-refractivity contribution is 0.336. The number of piperidine rings is 1. The largest absolute Gasteiger partial charge is 0.446 e. The predicted molar refractivity (Wildman–Crippen MR) is 63.2 cm³/mol. The SMILES string of the molecule is NCCCc1cnc(CC2CCNCC2)o1. The maximum Gasteiger partial charge on any atom is 0.194 e. The fraction of sp³-hybridized carbons (Fsp3) is 0.750. The van der Waals surface area contributed by atoms with Crippen LogP contribution >= 0.6 is 0 Å². The van der Waals surface area contributed by atoms with E-state index in [-0.39, 0.29) is 0 Å². The molecule has 90 valence electrons. The average molecular weight is 223 g/mol. The molecule has 4 heteroatoms. The van der Waals surface area contributed by atoms with Gasteiger partial charge >= 0.3 is 0 Å². The molecule has 0 bridgehead atoms. The Hall–Kier alpha value is -0.870. The maximum atomic E-state index is 5.70. The second-order valence-corrected chi connectivity index (χ2v) is 4.51. The van der Waals surface area contributed by atoms with E-state index in [1.807, 2.05) is 6.20 Å². The summed E-state index contributed by atoms with van der Waals surface area (Å²) in [6, 6.07) is 0. The van der Waals surface area contributed by atoms with Gasteiger partial charge in [-0.2, -0.15) is 0 Å². The van der Waals surface area contributed by atoms with Gasteiger partial charge in [0.25, 0.3) is 0 Å². The third-order valence-corrected chi connectivity index (χ3v) is 3.15. The van der Waals surface area contributed by atoms with Gasteiger partial charge in [-0.05, 0) is 44.8 Å². The molecule has 0 spiro atoms. The van der Waals surface area contributed by atoms with Crippen molar-refractivity contribution in [2.24, 2.45) is 11.7 Å². The van der Waals surface area contributed by atoms with E-state index in [4.69, 9.17) is 10.2 Å². The molecule has 1 saturated heterocycles. The lowest BCUT2D eigenvalue weighted by atomic mass is 9.95. The molecule has 0 unspecified atom stereocenters. The molecule has 0 aromatic carbocycles. The highest BCUT2D eigenvalue weighted by Gasteiger charge is 2.16. The summed E-state index contributed by atoms with van der Waals surface area (Å²) in [5.41, 5.74) is 5.46. The van der Waals surface area contributed by atoms with Crippen LogP contribution in [0.2, 0.25) is 0 Å². The van der Waals surface area contributed by atoms with Crippen LogP contribution in [-0.4, -0.2) is 24.6 Å². The molecule has 1 fully saturated rings. The van der Waals surface area contributed by atoms with Crippen LogP contribution in [0.4, 0.5) is 0 Å². The van der Waals surface area contributed by atoms with E-state index >= 15 is 0 Å². The van der Waals surface area contributed by atoms with Gasteiger partial charge in [-0.3, -0.25) is 0 Å². The first-order valence-electron chi connectivity index (χ1n) is 6.23. The van der Waals surface area contributed by atoms with Crippen LogP contribution in [0.3, 0.4) is 0 Å². The molecule has 1 aromatic heterocycles. The van der Waals surface area contributed by atoms with Crippen LogP contribution in [-0.2, 0) is 12.8 Å². The van der Waals surface area contributed by atoms with Gasteiger partial charge in [0.15, 0.2) is 5.89 Å². The zero-order valence-electron chi connectivity index (χ0n) is 9.74. The van der Waals surface area contributed by atoms with Gasteiger partial charge in [-0.15, -0.1) is 0 Å². The molecule has 0 radical (unpaired) electrons. The number of hydrogen-bond acceptors (Lipinski definition) is 4. The van der Waals surface area contributed by atoms with Crippen molar-refractivity contribution >= 4 is 0 Å².